The lowest BCUT2D eigenvalue weighted by Crippen LogP contribution is -2.34. The number of likely N-dealkylation sites (tertiary alicyclic amines) is 1. The third-order valence-corrected chi connectivity index (χ3v) is 3.18. The largest absolute Gasteiger partial charge is 0.465 e. The summed E-state index contributed by atoms with van der Waals surface area (Å²) in [6.07, 6.45) is 6.80. The third-order valence-electron chi connectivity index (χ3n) is 3.18. The average Bonchev–Trinajstić information content (AvgIpc) is 3.08. The van der Waals surface area contributed by atoms with E-state index in [9.17, 15) is 4.79 Å². The molecule has 3 heterocycles. The number of Topliss-reactive ketones (excluding diaryl/α,β-unsaturated/α-hetero) is 1. The molecule has 4 heteroatoms. The molecule has 2 aromatic rings. The quantitative estimate of drug-likeness (QED) is 0.786. The van der Waals surface area contributed by atoms with Crippen molar-refractivity contribution in [2.75, 3.05) is 20.1 Å². The Balaban J connectivity index is 1.92. The van der Waals surface area contributed by atoms with Crippen molar-refractivity contribution in [3.05, 3.63) is 59.5 Å². The van der Waals surface area contributed by atoms with E-state index in [0.29, 0.717) is 24.6 Å². The highest BCUT2D eigenvalue weighted by molar-refractivity contribution is 6.14. The van der Waals surface area contributed by atoms with Crippen LogP contribution < -0.4 is 0 Å². The van der Waals surface area contributed by atoms with Crippen LogP contribution in [0.25, 0.3) is 12.2 Å². The molecular formula is C16H15NO3. The van der Waals surface area contributed by atoms with Gasteiger partial charge in [-0.05, 0) is 43.5 Å². The molecular weight excluding hydrogens is 254 g/mol. The van der Waals surface area contributed by atoms with Crippen LogP contribution >= 0.6 is 0 Å². The Morgan fingerprint density at radius 1 is 1.00 bits per heavy atom. The summed E-state index contributed by atoms with van der Waals surface area (Å²) in [6, 6.07) is 7.29. The van der Waals surface area contributed by atoms with Crippen molar-refractivity contribution in [3.63, 3.8) is 0 Å². The minimum Gasteiger partial charge on any atom is -0.465 e. The van der Waals surface area contributed by atoms with E-state index in [-0.39, 0.29) is 5.78 Å². The zero-order valence-corrected chi connectivity index (χ0v) is 11.2. The van der Waals surface area contributed by atoms with E-state index in [2.05, 4.69) is 4.90 Å². The number of likely N-dealkylation sites (N-methyl/N-ethyl adjacent to an activating group) is 1. The fourth-order valence-corrected chi connectivity index (χ4v) is 2.30. The average molecular weight is 269 g/mol. The Hall–Kier alpha value is -2.33. The van der Waals surface area contributed by atoms with Gasteiger partial charge in [-0.1, -0.05) is 0 Å². The summed E-state index contributed by atoms with van der Waals surface area (Å²) in [6.45, 7) is 1.24. The van der Waals surface area contributed by atoms with Gasteiger partial charge in [0.25, 0.3) is 0 Å². The number of carbonyl (C=O) groups excluding carboxylic acids is 1. The molecule has 4 nitrogen and oxygen atoms in total. The predicted molar refractivity (Wildman–Crippen MR) is 75.9 cm³/mol. The van der Waals surface area contributed by atoms with Crippen molar-refractivity contribution < 1.29 is 13.6 Å². The highest BCUT2D eigenvalue weighted by Gasteiger charge is 2.24. The second-order valence-corrected chi connectivity index (χ2v) is 4.87. The Morgan fingerprint density at radius 3 is 1.90 bits per heavy atom. The molecule has 0 aliphatic carbocycles. The summed E-state index contributed by atoms with van der Waals surface area (Å²) in [5.74, 6) is 1.44. The second-order valence-electron chi connectivity index (χ2n) is 4.87. The standard InChI is InChI=1S/C16H15NO3/c1-17-10-12(8-14-4-2-6-19-14)16(18)13(11-17)9-15-5-3-7-20-15/h2-9H,10-11H2,1H3/b12-8-,13-9+. The van der Waals surface area contributed by atoms with Crippen molar-refractivity contribution in [2.45, 2.75) is 0 Å². The highest BCUT2D eigenvalue weighted by Crippen LogP contribution is 2.21. The first kappa shape index (κ1) is 12.7. The molecule has 1 fully saturated rings. The molecule has 1 saturated heterocycles. The monoisotopic (exact) mass is 269 g/mol. The molecule has 0 spiro atoms. The number of hydrogen-bond acceptors (Lipinski definition) is 4. The fraction of sp³-hybridized carbons (Fsp3) is 0.188. The summed E-state index contributed by atoms with van der Waals surface area (Å²) in [4.78, 5) is 14.6. The Bertz CT molecular complexity index is 592. The van der Waals surface area contributed by atoms with Crippen LogP contribution in [0.3, 0.4) is 0 Å². The molecule has 0 unspecified atom stereocenters. The fourth-order valence-electron chi connectivity index (χ4n) is 2.30. The molecule has 0 saturated carbocycles. The molecule has 20 heavy (non-hydrogen) atoms. The molecule has 1 aliphatic rings. The SMILES string of the molecule is CN1C/C(=C/c2ccco2)C(=O)/C(=C/c2ccco2)C1. The molecule has 3 rings (SSSR count). The van der Waals surface area contributed by atoms with Gasteiger partial charge in [0.05, 0.1) is 12.5 Å². The van der Waals surface area contributed by atoms with Gasteiger partial charge < -0.3 is 8.83 Å². The summed E-state index contributed by atoms with van der Waals surface area (Å²) in [5, 5.41) is 0. The van der Waals surface area contributed by atoms with E-state index in [1.165, 1.54) is 0 Å². The maximum absolute atomic E-state index is 12.5. The highest BCUT2D eigenvalue weighted by atomic mass is 16.3. The Labute approximate surface area is 117 Å². The number of piperidine rings is 1. The number of nitrogens with zero attached hydrogens (tertiary/aromatic N) is 1. The topological polar surface area (TPSA) is 46.6 Å². The number of rotatable bonds is 2. The van der Waals surface area contributed by atoms with Crippen molar-refractivity contribution in [1.29, 1.82) is 0 Å². The van der Waals surface area contributed by atoms with Crippen molar-refractivity contribution in [3.8, 4) is 0 Å². The molecule has 1 aliphatic heterocycles. The molecule has 0 bridgehead atoms. The van der Waals surface area contributed by atoms with E-state index in [1.807, 2.05) is 31.3 Å². The van der Waals surface area contributed by atoms with Gasteiger partial charge in [0.15, 0.2) is 5.78 Å². The second kappa shape index (κ2) is 5.35. The lowest BCUT2D eigenvalue weighted by atomic mass is 9.96. The van der Waals surface area contributed by atoms with Crippen molar-refractivity contribution >= 4 is 17.9 Å². The first-order chi connectivity index (χ1) is 9.72. The van der Waals surface area contributed by atoms with Crippen LogP contribution in [-0.4, -0.2) is 30.8 Å². The maximum atomic E-state index is 12.5. The van der Waals surface area contributed by atoms with Crippen molar-refractivity contribution in [2.24, 2.45) is 0 Å². The summed E-state index contributed by atoms with van der Waals surface area (Å²) in [5.41, 5.74) is 1.46. The molecule has 0 radical (unpaired) electrons. The zero-order valence-electron chi connectivity index (χ0n) is 11.2. The lowest BCUT2D eigenvalue weighted by molar-refractivity contribution is -0.113. The minimum absolute atomic E-state index is 0.0518. The van der Waals surface area contributed by atoms with Crippen LogP contribution in [0.2, 0.25) is 0 Å². The summed E-state index contributed by atoms with van der Waals surface area (Å²) >= 11 is 0. The maximum Gasteiger partial charge on any atom is 0.187 e. The van der Waals surface area contributed by atoms with E-state index in [4.69, 9.17) is 8.83 Å². The molecule has 0 atom stereocenters. The van der Waals surface area contributed by atoms with Crippen molar-refractivity contribution in [1.82, 2.24) is 4.90 Å². The van der Waals surface area contributed by atoms with Crippen LogP contribution in [0.1, 0.15) is 11.5 Å². The van der Waals surface area contributed by atoms with Gasteiger partial charge in [0, 0.05) is 24.2 Å². The van der Waals surface area contributed by atoms with E-state index in [1.54, 1.807) is 24.7 Å². The molecule has 0 amide bonds. The van der Waals surface area contributed by atoms with E-state index < -0.39 is 0 Å². The van der Waals surface area contributed by atoms with Crippen LogP contribution in [0.4, 0.5) is 0 Å². The van der Waals surface area contributed by atoms with Gasteiger partial charge in [-0.25, -0.2) is 0 Å². The first-order valence-electron chi connectivity index (χ1n) is 6.44. The normalized spacial score (nSPS) is 20.9. The molecule has 2 aromatic heterocycles. The van der Waals surface area contributed by atoms with E-state index >= 15 is 0 Å². The summed E-state index contributed by atoms with van der Waals surface area (Å²) in [7, 11) is 1.98. The van der Waals surface area contributed by atoms with Crippen LogP contribution in [0.5, 0.6) is 0 Å². The zero-order chi connectivity index (χ0) is 13.9. The smallest absolute Gasteiger partial charge is 0.187 e. The number of carbonyl (C=O) groups is 1. The number of ketones is 1. The van der Waals surface area contributed by atoms with Gasteiger partial charge in [0.1, 0.15) is 11.5 Å². The predicted octanol–water partition coefficient (Wildman–Crippen LogP) is 2.85. The van der Waals surface area contributed by atoms with Gasteiger partial charge in [-0.3, -0.25) is 9.69 Å². The summed E-state index contributed by atoms with van der Waals surface area (Å²) < 4.78 is 10.6. The lowest BCUT2D eigenvalue weighted by Gasteiger charge is -2.25. The molecule has 102 valence electrons. The third kappa shape index (κ3) is 2.65. The van der Waals surface area contributed by atoms with Crippen LogP contribution in [-0.2, 0) is 4.79 Å². The molecule has 0 aromatic carbocycles. The molecule has 0 N–H and O–H groups in total. The first-order valence-corrected chi connectivity index (χ1v) is 6.44. The van der Waals surface area contributed by atoms with E-state index in [0.717, 1.165) is 11.1 Å². The van der Waals surface area contributed by atoms with Gasteiger partial charge in [-0.15, -0.1) is 0 Å². The Morgan fingerprint density at radius 2 is 1.50 bits per heavy atom. The Kier molecular flexibility index (Phi) is 3.39. The number of hydrogen-bond donors (Lipinski definition) is 0. The van der Waals surface area contributed by atoms with Gasteiger partial charge in [-0.2, -0.15) is 0 Å². The number of furan rings is 2. The van der Waals surface area contributed by atoms with Crippen LogP contribution in [0.15, 0.2) is 56.8 Å². The van der Waals surface area contributed by atoms with Crippen LogP contribution in [0, 0.1) is 0 Å². The van der Waals surface area contributed by atoms with Gasteiger partial charge >= 0.3 is 0 Å². The minimum atomic E-state index is 0.0518. The van der Waals surface area contributed by atoms with Gasteiger partial charge in [0.2, 0.25) is 0 Å².